The van der Waals surface area contributed by atoms with Gasteiger partial charge in [0.15, 0.2) is 0 Å². The Kier molecular flexibility index (Phi) is 3.79. The van der Waals surface area contributed by atoms with Crippen molar-refractivity contribution in [3.8, 4) is 0 Å². The fourth-order valence-electron chi connectivity index (χ4n) is 2.59. The maximum atomic E-state index is 7.39. The molecule has 1 aliphatic rings. The predicted octanol–water partition coefficient (Wildman–Crippen LogP) is 3.75. The summed E-state index contributed by atoms with van der Waals surface area (Å²) in [5, 5.41) is 7.39. The van der Waals surface area contributed by atoms with Crippen LogP contribution in [0.5, 0.6) is 0 Å². The normalized spacial score (nSPS) is 13.2. The minimum Gasteiger partial charge on any atom is -0.384 e. The number of hydrogen-bond donors (Lipinski definition) is 2. The van der Waals surface area contributed by atoms with Gasteiger partial charge in [-0.1, -0.05) is 30.3 Å². The van der Waals surface area contributed by atoms with Gasteiger partial charge >= 0.3 is 0 Å². The van der Waals surface area contributed by atoms with Crippen molar-refractivity contribution in [3.05, 3.63) is 64.7 Å². The summed E-state index contributed by atoms with van der Waals surface area (Å²) in [5.74, 6) is 1.08. The van der Waals surface area contributed by atoms with Gasteiger partial charge in [0, 0.05) is 16.2 Å². The van der Waals surface area contributed by atoms with Crippen LogP contribution in [0.1, 0.15) is 28.7 Å². The van der Waals surface area contributed by atoms with E-state index in [1.807, 2.05) is 23.9 Å². The molecule has 3 heteroatoms. The number of benzene rings is 2. The monoisotopic (exact) mass is 282 g/mol. The quantitative estimate of drug-likeness (QED) is 0.510. The summed E-state index contributed by atoms with van der Waals surface area (Å²) in [5.41, 5.74) is 10.6. The Hall–Kier alpha value is -1.74. The van der Waals surface area contributed by atoms with Crippen LogP contribution in [0.15, 0.2) is 47.4 Å². The second kappa shape index (κ2) is 5.71. The van der Waals surface area contributed by atoms with Crippen LogP contribution in [0.3, 0.4) is 0 Å². The van der Waals surface area contributed by atoms with Crippen molar-refractivity contribution in [1.82, 2.24) is 0 Å². The third kappa shape index (κ3) is 2.88. The molecular weight excluding hydrogens is 264 g/mol. The molecule has 20 heavy (non-hydrogen) atoms. The van der Waals surface area contributed by atoms with E-state index in [4.69, 9.17) is 11.1 Å². The highest BCUT2D eigenvalue weighted by molar-refractivity contribution is 7.98. The highest BCUT2D eigenvalue weighted by Crippen LogP contribution is 2.29. The molecule has 3 rings (SSSR count). The Morgan fingerprint density at radius 2 is 1.80 bits per heavy atom. The zero-order valence-electron chi connectivity index (χ0n) is 11.4. The number of hydrogen-bond acceptors (Lipinski definition) is 2. The topological polar surface area (TPSA) is 49.9 Å². The fourth-order valence-corrected chi connectivity index (χ4v) is 3.50. The molecule has 0 atom stereocenters. The number of nitrogen functional groups attached to an aromatic ring is 1. The third-order valence-electron chi connectivity index (χ3n) is 3.74. The molecule has 0 bridgehead atoms. The van der Waals surface area contributed by atoms with Gasteiger partial charge in [0.1, 0.15) is 5.84 Å². The summed E-state index contributed by atoms with van der Waals surface area (Å²) in [6, 6.07) is 14.8. The SMILES string of the molecule is N=C(N)c1ccc(CSc2ccc3c(c2)CCC3)cc1. The minimum atomic E-state index is 0.128. The number of aryl methyl sites for hydroxylation is 2. The first kappa shape index (κ1) is 13.3. The summed E-state index contributed by atoms with van der Waals surface area (Å²) in [6.45, 7) is 0. The van der Waals surface area contributed by atoms with Crippen molar-refractivity contribution in [1.29, 1.82) is 5.41 Å². The van der Waals surface area contributed by atoms with E-state index < -0.39 is 0 Å². The van der Waals surface area contributed by atoms with Gasteiger partial charge in [0.25, 0.3) is 0 Å². The lowest BCUT2D eigenvalue weighted by molar-refractivity contribution is 0.911. The average molecular weight is 282 g/mol. The second-order valence-electron chi connectivity index (χ2n) is 5.18. The molecular formula is C17H18N2S. The van der Waals surface area contributed by atoms with E-state index in [1.165, 1.54) is 40.8 Å². The van der Waals surface area contributed by atoms with Gasteiger partial charge in [0.05, 0.1) is 0 Å². The molecule has 0 amide bonds. The summed E-state index contributed by atoms with van der Waals surface area (Å²) in [6.07, 6.45) is 3.78. The van der Waals surface area contributed by atoms with E-state index in [-0.39, 0.29) is 5.84 Å². The predicted molar refractivity (Wildman–Crippen MR) is 85.5 cm³/mol. The molecule has 0 saturated heterocycles. The number of nitrogens with one attached hydrogen (secondary N) is 1. The Bertz CT molecular complexity index is 632. The van der Waals surface area contributed by atoms with Crippen molar-refractivity contribution in [2.45, 2.75) is 29.9 Å². The first-order chi connectivity index (χ1) is 9.72. The van der Waals surface area contributed by atoms with Crippen LogP contribution in [0.25, 0.3) is 0 Å². The number of nitrogens with two attached hydrogens (primary N) is 1. The number of fused-ring (bicyclic) bond motifs is 1. The van der Waals surface area contributed by atoms with Crippen molar-refractivity contribution in [2.24, 2.45) is 5.73 Å². The lowest BCUT2D eigenvalue weighted by atomic mass is 10.1. The van der Waals surface area contributed by atoms with Gasteiger partial charge in [-0.15, -0.1) is 11.8 Å². The molecule has 2 aromatic rings. The molecule has 0 heterocycles. The highest BCUT2D eigenvalue weighted by Gasteiger charge is 2.10. The molecule has 0 radical (unpaired) electrons. The van der Waals surface area contributed by atoms with Gasteiger partial charge in [-0.3, -0.25) is 5.41 Å². The van der Waals surface area contributed by atoms with E-state index in [9.17, 15) is 0 Å². The standard InChI is InChI=1S/C17H18N2S/c18-17(19)14-6-4-12(5-7-14)11-20-16-9-8-13-2-1-3-15(13)10-16/h4-10H,1-3,11H2,(H3,18,19). The number of thioether (sulfide) groups is 1. The van der Waals surface area contributed by atoms with Gasteiger partial charge in [-0.05, 0) is 48.1 Å². The molecule has 2 nitrogen and oxygen atoms in total. The lowest BCUT2D eigenvalue weighted by Crippen LogP contribution is -2.10. The smallest absolute Gasteiger partial charge is 0.122 e. The maximum absolute atomic E-state index is 7.39. The summed E-state index contributed by atoms with van der Waals surface area (Å²) < 4.78 is 0. The first-order valence-electron chi connectivity index (χ1n) is 6.90. The second-order valence-corrected chi connectivity index (χ2v) is 6.23. The molecule has 1 aliphatic carbocycles. The first-order valence-corrected chi connectivity index (χ1v) is 7.89. The van der Waals surface area contributed by atoms with E-state index in [2.05, 4.69) is 30.3 Å². The Morgan fingerprint density at radius 1 is 1.05 bits per heavy atom. The summed E-state index contributed by atoms with van der Waals surface area (Å²) in [4.78, 5) is 1.35. The summed E-state index contributed by atoms with van der Waals surface area (Å²) >= 11 is 1.87. The van der Waals surface area contributed by atoms with Crippen molar-refractivity contribution in [3.63, 3.8) is 0 Å². The summed E-state index contributed by atoms with van der Waals surface area (Å²) in [7, 11) is 0. The van der Waals surface area contributed by atoms with Crippen LogP contribution in [-0.4, -0.2) is 5.84 Å². The molecule has 2 aromatic carbocycles. The van der Waals surface area contributed by atoms with Gasteiger partial charge in [0.2, 0.25) is 0 Å². The fraction of sp³-hybridized carbons (Fsp3) is 0.235. The zero-order chi connectivity index (χ0) is 13.9. The average Bonchev–Trinajstić information content (AvgIpc) is 2.93. The van der Waals surface area contributed by atoms with Crippen molar-refractivity contribution in [2.75, 3.05) is 0 Å². The molecule has 0 unspecified atom stereocenters. The Morgan fingerprint density at radius 3 is 2.55 bits per heavy atom. The molecule has 0 saturated carbocycles. The van der Waals surface area contributed by atoms with E-state index in [0.29, 0.717) is 0 Å². The van der Waals surface area contributed by atoms with Crippen molar-refractivity contribution < 1.29 is 0 Å². The molecule has 3 N–H and O–H groups in total. The van der Waals surface area contributed by atoms with Crippen LogP contribution in [0.4, 0.5) is 0 Å². The Labute approximate surface area is 123 Å². The largest absolute Gasteiger partial charge is 0.384 e. The Balaban J connectivity index is 1.65. The van der Waals surface area contributed by atoms with Gasteiger partial charge in [-0.2, -0.15) is 0 Å². The van der Waals surface area contributed by atoms with Crippen LogP contribution < -0.4 is 5.73 Å². The molecule has 0 spiro atoms. The van der Waals surface area contributed by atoms with Crippen LogP contribution >= 0.6 is 11.8 Å². The third-order valence-corrected chi connectivity index (χ3v) is 4.81. The number of amidine groups is 1. The van der Waals surface area contributed by atoms with Crippen LogP contribution in [0, 0.1) is 5.41 Å². The minimum absolute atomic E-state index is 0.128. The molecule has 0 aromatic heterocycles. The molecule has 0 aliphatic heterocycles. The molecule has 0 fully saturated rings. The van der Waals surface area contributed by atoms with Gasteiger partial charge < -0.3 is 5.73 Å². The van der Waals surface area contributed by atoms with Crippen LogP contribution in [0.2, 0.25) is 0 Å². The van der Waals surface area contributed by atoms with Crippen LogP contribution in [-0.2, 0) is 18.6 Å². The highest BCUT2D eigenvalue weighted by atomic mass is 32.2. The maximum Gasteiger partial charge on any atom is 0.122 e. The van der Waals surface area contributed by atoms with Gasteiger partial charge in [-0.25, -0.2) is 0 Å². The number of rotatable bonds is 4. The molecule has 102 valence electrons. The van der Waals surface area contributed by atoms with E-state index in [1.54, 1.807) is 0 Å². The lowest BCUT2D eigenvalue weighted by Gasteiger charge is -2.06. The van der Waals surface area contributed by atoms with Crippen molar-refractivity contribution >= 4 is 17.6 Å². The van der Waals surface area contributed by atoms with E-state index >= 15 is 0 Å². The zero-order valence-corrected chi connectivity index (χ0v) is 12.2. The van der Waals surface area contributed by atoms with E-state index in [0.717, 1.165) is 11.3 Å².